The van der Waals surface area contributed by atoms with E-state index in [1.165, 1.54) is 12.0 Å². The Morgan fingerprint density at radius 1 is 1.38 bits per heavy atom. The van der Waals surface area contributed by atoms with Crippen LogP contribution in [0.4, 0.5) is 4.79 Å². The Labute approximate surface area is 98.5 Å². The van der Waals surface area contributed by atoms with Crippen LogP contribution in [-0.4, -0.2) is 30.7 Å². The molecule has 92 valence electrons. The van der Waals surface area contributed by atoms with Crippen molar-refractivity contribution in [2.45, 2.75) is 40.0 Å². The van der Waals surface area contributed by atoms with E-state index in [0.29, 0.717) is 12.5 Å². The highest BCUT2D eigenvalue weighted by molar-refractivity contribution is 5.69. The predicted octanol–water partition coefficient (Wildman–Crippen LogP) is 3.21. The summed E-state index contributed by atoms with van der Waals surface area (Å²) in [4.78, 5) is 12.9. The summed E-state index contributed by atoms with van der Waals surface area (Å²) in [6.07, 6.45) is 5.39. The Balaban J connectivity index is 1.98. The third kappa shape index (κ3) is 5.79. The van der Waals surface area contributed by atoms with Crippen LogP contribution in [0.1, 0.15) is 40.0 Å². The molecule has 3 nitrogen and oxygen atoms in total. The van der Waals surface area contributed by atoms with Crippen molar-refractivity contribution in [2.24, 2.45) is 5.92 Å². The number of ether oxygens (including phenoxy) is 1. The average molecular weight is 225 g/mol. The van der Waals surface area contributed by atoms with Gasteiger partial charge in [0.2, 0.25) is 0 Å². The fourth-order valence-corrected chi connectivity index (χ4v) is 1.47. The van der Waals surface area contributed by atoms with Crippen molar-refractivity contribution in [1.82, 2.24) is 4.90 Å². The first-order valence-electron chi connectivity index (χ1n) is 6.14. The Morgan fingerprint density at radius 3 is 2.62 bits per heavy atom. The van der Waals surface area contributed by atoms with Crippen molar-refractivity contribution in [1.29, 1.82) is 0 Å². The highest BCUT2D eigenvalue weighted by atomic mass is 16.6. The molecule has 0 N–H and O–H groups in total. The molecule has 1 aliphatic heterocycles. The highest BCUT2D eigenvalue weighted by Gasteiger charge is 2.25. The molecular weight excluding hydrogens is 202 g/mol. The lowest BCUT2D eigenvalue weighted by Crippen LogP contribution is -2.14. The molecular formula is C13H23NO2. The topological polar surface area (TPSA) is 29.3 Å². The molecule has 1 saturated heterocycles. The predicted molar refractivity (Wildman–Crippen MR) is 65.4 cm³/mol. The number of nitrogens with zero attached hydrogens (tertiary/aromatic N) is 1. The largest absolute Gasteiger partial charge is 0.449 e. The van der Waals surface area contributed by atoms with Crippen LogP contribution in [0.5, 0.6) is 0 Å². The Morgan fingerprint density at radius 2 is 2.06 bits per heavy atom. The van der Waals surface area contributed by atoms with Crippen molar-refractivity contribution >= 4 is 6.09 Å². The molecule has 1 amide bonds. The van der Waals surface area contributed by atoms with Crippen LogP contribution >= 0.6 is 0 Å². The van der Waals surface area contributed by atoms with Gasteiger partial charge < -0.3 is 9.64 Å². The van der Waals surface area contributed by atoms with Crippen LogP contribution in [0, 0.1) is 5.92 Å². The number of hydrogen-bond donors (Lipinski definition) is 0. The Kier molecular flexibility index (Phi) is 5.36. The molecule has 1 fully saturated rings. The molecule has 0 spiro atoms. The number of carbonyl (C=O) groups excluding carboxylic acids is 1. The molecule has 1 heterocycles. The molecule has 0 aliphatic carbocycles. The van der Waals surface area contributed by atoms with E-state index in [1.54, 1.807) is 4.90 Å². The fourth-order valence-electron chi connectivity index (χ4n) is 1.47. The molecule has 16 heavy (non-hydrogen) atoms. The zero-order chi connectivity index (χ0) is 12.0. The van der Waals surface area contributed by atoms with Crippen molar-refractivity contribution in [3.63, 3.8) is 0 Å². The molecule has 0 aromatic rings. The maximum absolute atomic E-state index is 11.2. The molecule has 0 aromatic carbocycles. The summed E-state index contributed by atoms with van der Waals surface area (Å²) in [6.45, 7) is 8.76. The molecule has 1 atom stereocenters. The van der Waals surface area contributed by atoms with Crippen LogP contribution in [0.15, 0.2) is 11.6 Å². The normalized spacial score (nSPS) is 15.6. The quantitative estimate of drug-likeness (QED) is 0.513. The first-order chi connectivity index (χ1) is 7.59. The summed E-state index contributed by atoms with van der Waals surface area (Å²) >= 11 is 0. The Bertz CT molecular complexity index is 253. The van der Waals surface area contributed by atoms with E-state index < -0.39 is 0 Å². The van der Waals surface area contributed by atoms with E-state index >= 15 is 0 Å². The van der Waals surface area contributed by atoms with E-state index in [-0.39, 0.29) is 6.09 Å². The average Bonchev–Trinajstić information content (AvgIpc) is 2.99. The third-order valence-electron chi connectivity index (χ3n) is 2.75. The maximum Gasteiger partial charge on any atom is 0.409 e. The first-order valence-corrected chi connectivity index (χ1v) is 6.14. The molecule has 0 saturated carbocycles. The second-order valence-corrected chi connectivity index (χ2v) is 4.85. The number of carbonyl (C=O) groups is 1. The number of amides is 1. The minimum absolute atomic E-state index is 0.142. The van der Waals surface area contributed by atoms with Gasteiger partial charge in [-0.2, -0.15) is 0 Å². The molecule has 0 radical (unpaired) electrons. The Hall–Kier alpha value is -0.990. The maximum atomic E-state index is 11.2. The third-order valence-corrected chi connectivity index (χ3v) is 2.75. The smallest absolute Gasteiger partial charge is 0.409 e. The second kappa shape index (κ2) is 6.56. The fraction of sp³-hybridized carbons (Fsp3) is 0.769. The van der Waals surface area contributed by atoms with E-state index in [9.17, 15) is 4.79 Å². The number of hydrogen-bond acceptors (Lipinski definition) is 2. The van der Waals surface area contributed by atoms with E-state index in [2.05, 4.69) is 26.8 Å². The van der Waals surface area contributed by atoms with Gasteiger partial charge in [-0.15, -0.1) is 0 Å². The van der Waals surface area contributed by atoms with Crippen molar-refractivity contribution < 1.29 is 9.53 Å². The monoisotopic (exact) mass is 225 g/mol. The summed E-state index contributed by atoms with van der Waals surface area (Å²) in [5.41, 5.74) is 1.38. The zero-order valence-electron chi connectivity index (χ0n) is 10.7. The molecule has 0 aromatic heterocycles. The molecule has 1 rings (SSSR count). The highest BCUT2D eigenvalue weighted by Crippen LogP contribution is 2.13. The van der Waals surface area contributed by atoms with Crippen molar-refractivity contribution in [3.8, 4) is 0 Å². The minimum Gasteiger partial charge on any atom is -0.449 e. The van der Waals surface area contributed by atoms with E-state index in [4.69, 9.17) is 4.74 Å². The van der Waals surface area contributed by atoms with Crippen LogP contribution < -0.4 is 0 Å². The van der Waals surface area contributed by atoms with E-state index in [0.717, 1.165) is 25.9 Å². The SMILES string of the molecule is CC(C)=CCC[C@H](C)CCOC(=O)N1CC1. The first kappa shape index (κ1) is 13.1. The van der Waals surface area contributed by atoms with Gasteiger partial charge in [0.15, 0.2) is 0 Å². The van der Waals surface area contributed by atoms with Crippen LogP contribution in [0.25, 0.3) is 0 Å². The summed E-state index contributed by atoms with van der Waals surface area (Å²) in [5.74, 6) is 0.623. The zero-order valence-corrected chi connectivity index (χ0v) is 10.7. The lowest BCUT2D eigenvalue weighted by molar-refractivity contribution is 0.125. The minimum atomic E-state index is -0.142. The summed E-state index contributed by atoms with van der Waals surface area (Å²) < 4.78 is 5.14. The van der Waals surface area contributed by atoms with Gasteiger partial charge in [-0.05, 0) is 39.0 Å². The second-order valence-electron chi connectivity index (χ2n) is 4.85. The summed E-state index contributed by atoms with van der Waals surface area (Å²) in [5, 5.41) is 0. The van der Waals surface area contributed by atoms with Crippen LogP contribution in [0.3, 0.4) is 0 Å². The van der Waals surface area contributed by atoms with Gasteiger partial charge >= 0.3 is 6.09 Å². The van der Waals surface area contributed by atoms with E-state index in [1.807, 2.05) is 0 Å². The summed E-state index contributed by atoms with van der Waals surface area (Å²) in [7, 11) is 0. The van der Waals surface area contributed by atoms with Gasteiger partial charge in [0, 0.05) is 13.1 Å². The van der Waals surface area contributed by atoms with Gasteiger partial charge in [-0.1, -0.05) is 18.6 Å². The lowest BCUT2D eigenvalue weighted by atomic mass is 10.0. The van der Waals surface area contributed by atoms with Gasteiger partial charge in [-0.25, -0.2) is 4.79 Å². The van der Waals surface area contributed by atoms with Crippen molar-refractivity contribution in [3.05, 3.63) is 11.6 Å². The summed E-state index contributed by atoms with van der Waals surface area (Å²) in [6, 6.07) is 0. The molecule has 0 unspecified atom stereocenters. The standard InChI is InChI=1S/C13H23NO2/c1-11(2)5-4-6-12(3)7-10-16-13(15)14-8-9-14/h5,12H,4,6-10H2,1-3H3/t12-/m0/s1. The van der Waals surface area contributed by atoms with Crippen molar-refractivity contribution in [2.75, 3.05) is 19.7 Å². The van der Waals surface area contributed by atoms with Crippen LogP contribution in [-0.2, 0) is 4.74 Å². The van der Waals surface area contributed by atoms with Gasteiger partial charge in [0.1, 0.15) is 0 Å². The van der Waals surface area contributed by atoms with Gasteiger partial charge in [-0.3, -0.25) is 0 Å². The number of allylic oxidation sites excluding steroid dienone is 2. The van der Waals surface area contributed by atoms with Crippen LogP contribution in [0.2, 0.25) is 0 Å². The molecule has 1 aliphatic rings. The molecule has 3 heteroatoms. The lowest BCUT2D eigenvalue weighted by Gasteiger charge is -2.10. The van der Waals surface area contributed by atoms with Gasteiger partial charge in [0.25, 0.3) is 0 Å². The number of rotatable bonds is 6. The molecule has 0 bridgehead atoms. The van der Waals surface area contributed by atoms with Gasteiger partial charge in [0.05, 0.1) is 6.61 Å².